The minimum atomic E-state index is -0.217. The molecule has 1 N–H and O–H groups in total. The number of benzene rings is 2. The number of carbonyl (C=O) groups is 1. The molecular weight excluding hydrogens is 388 g/mol. The van der Waals surface area contributed by atoms with Crippen molar-refractivity contribution in [1.82, 2.24) is 10.3 Å². The molecule has 2 heterocycles. The highest BCUT2D eigenvalue weighted by Crippen LogP contribution is 2.28. The maximum Gasteiger partial charge on any atom is 0.337 e. The van der Waals surface area contributed by atoms with Gasteiger partial charge in [0.15, 0.2) is 0 Å². The van der Waals surface area contributed by atoms with E-state index in [1.807, 2.05) is 31.2 Å². The summed E-state index contributed by atoms with van der Waals surface area (Å²) >= 11 is 6.10. The highest BCUT2D eigenvalue weighted by atomic mass is 35.5. The summed E-state index contributed by atoms with van der Waals surface area (Å²) in [5, 5.41) is 9.72. The quantitative estimate of drug-likeness (QED) is 0.821. The summed E-state index contributed by atoms with van der Waals surface area (Å²) < 4.78 is 5.49. The number of hydrogen-bond donors (Lipinski definition) is 1. The summed E-state index contributed by atoms with van der Waals surface area (Å²) in [6.07, 6.45) is 0.729. The van der Waals surface area contributed by atoms with Crippen molar-refractivity contribution in [2.24, 2.45) is 5.10 Å². The van der Waals surface area contributed by atoms with Gasteiger partial charge in [0.25, 0.3) is 0 Å². The smallest absolute Gasteiger partial charge is 0.337 e. The van der Waals surface area contributed by atoms with Crippen LogP contribution in [0.3, 0.4) is 0 Å². The minimum absolute atomic E-state index is 0.0623. The number of hydrazone groups is 1. The fraction of sp³-hybridized carbons (Fsp3) is 0.364. The SMILES string of the molecule is CNC(=O)N1N=C(c2ccc(Cl)cc2)c2cc(N3CCOCC3)ccc2C[C@@H]1C. The van der Waals surface area contributed by atoms with Gasteiger partial charge in [0.2, 0.25) is 0 Å². The van der Waals surface area contributed by atoms with Crippen molar-refractivity contribution in [2.75, 3.05) is 38.3 Å². The Labute approximate surface area is 176 Å². The standard InChI is InChI=1S/C22H25ClN4O2/c1-15-13-17-5-8-19(26-9-11-29-12-10-26)14-20(17)21(25-27(15)22(28)24-2)16-3-6-18(23)7-4-16/h3-8,14-15H,9-13H2,1-2H3,(H,24,28)/t15-/m0/s1. The molecule has 6 nitrogen and oxygen atoms in total. The number of hydrogen-bond acceptors (Lipinski definition) is 4. The Hall–Kier alpha value is -2.57. The first kappa shape index (κ1) is 19.7. The van der Waals surface area contributed by atoms with Crippen LogP contribution in [0.25, 0.3) is 0 Å². The average Bonchev–Trinajstić information content (AvgIpc) is 2.90. The lowest BCUT2D eigenvalue weighted by atomic mass is 9.94. The first-order valence-electron chi connectivity index (χ1n) is 9.88. The molecule has 0 aromatic heterocycles. The van der Waals surface area contributed by atoms with Gasteiger partial charge in [0.05, 0.1) is 25.0 Å². The molecule has 2 amide bonds. The molecule has 7 heteroatoms. The van der Waals surface area contributed by atoms with Gasteiger partial charge in [0.1, 0.15) is 0 Å². The molecule has 0 aliphatic carbocycles. The lowest BCUT2D eigenvalue weighted by molar-refractivity contribution is 0.122. The first-order valence-corrected chi connectivity index (χ1v) is 10.3. The molecule has 1 saturated heterocycles. The lowest BCUT2D eigenvalue weighted by Crippen LogP contribution is -2.41. The minimum Gasteiger partial charge on any atom is -0.378 e. The Morgan fingerprint density at radius 1 is 1.17 bits per heavy atom. The molecule has 4 rings (SSSR count). The molecule has 2 aliphatic rings. The zero-order valence-corrected chi connectivity index (χ0v) is 17.4. The van der Waals surface area contributed by atoms with Crippen LogP contribution in [0.4, 0.5) is 10.5 Å². The molecule has 2 aromatic carbocycles. The Bertz CT molecular complexity index is 923. The van der Waals surface area contributed by atoms with Crippen LogP contribution in [0.5, 0.6) is 0 Å². The number of ether oxygens (including phenoxy) is 1. The number of nitrogens with one attached hydrogen (secondary N) is 1. The van der Waals surface area contributed by atoms with Crippen LogP contribution in [0.1, 0.15) is 23.6 Å². The number of fused-ring (bicyclic) bond motifs is 1. The van der Waals surface area contributed by atoms with Crippen LogP contribution in [0.2, 0.25) is 5.02 Å². The van der Waals surface area contributed by atoms with E-state index in [4.69, 9.17) is 21.4 Å². The van der Waals surface area contributed by atoms with Crippen molar-refractivity contribution in [3.8, 4) is 0 Å². The van der Waals surface area contributed by atoms with Crippen LogP contribution in [0, 0.1) is 0 Å². The van der Waals surface area contributed by atoms with E-state index in [2.05, 4.69) is 28.4 Å². The van der Waals surface area contributed by atoms with E-state index in [0.717, 1.165) is 55.3 Å². The number of amides is 2. The third kappa shape index (κ3) is 4.09. The molecule has 0 spiro atoms. The second kappa shape index (κ2) is 8.43. The Balaban J connectivity index is 1.83. The molecule has 1 fully saturated rings. The van der Waals surface area contributed by atoms with E-state index in [-0.39, 0.29) is 12.1 Å². The summed E-state index contributed by atoms with van der Waals surface area (Å²) in [5.41, 5.74) is 5.08. The van der Waals surface area contributed by atoms with Crippen molar-refractivity contribution in [3.05, 3.63) is 64.2 Å². The summed E-state index contributed by atoms with van der Waals surface area (Å²) in [4.78, 5) is 14.8. The first-order chi connectivity index (χ1) is 14.1. The monoisotopic (exact) mass is 412 g/mol. The highest BCUT2D eigenvalue weighted by Gasteiger charge is 2.27. The molecule has 1 atom stereocenters. The number of carbonyl (C=O) groups excluding carboxylic acids is 1. The van der Waals surface area contributed by atoms with Gasteiger partial charge in [-0.2, -0.15) is 5.10 Å². The van der Waals surface area contributed by atoms with Gasteiger partial charge in [-0.15, -0.1) is 0 Å². The molecule has 2 aromatic rings. The van der Waals surface area contributed by atoms with Crippen molar-refractivity contribution in [3.63, 3.8) is 0 Å². The van der Waals surface area contributed by atoms with Gasteiger partial charge in [-0.25, -0.2) is 9.80 Å². The Morgan fingerprint density at radius 2 is 1.90 bits per heavy atom. The van der Waals surface area contributed by atoms with Crippen LogP contribution in [-0.2, 0) is 11.2 Å². The molecule has 2 aliphatic heterocycles. The number of morpholine rings is 1. The van der Waals surface area contributed by atoms with Crippen LogP contribution in [0.15, 0.2) is 47.6 Å². The maximum atomic E-state index is 12.5. The van der Waals surface area contributed by atoms with E-state index in [9.17, 15) is 4.79 Å². The largest absolute Gasteiger partial charge is 0.378 e. The van der Waals surface area contributed by atoms with E-state index in [1.54, 1.807) is 12.1 Å². The molecule has 0 bridgehead atoms. The fourth-order valence-electron chi connectivity index (χ4n) is 3.83. The van der Waals surface area contributed by atoms with Gasteiger partial charge < -0.3 is 15.0 Å². The van der Waals surface area contributed by atoms with Crippen LogP contribution >= 0.6 is 11.6 Å². The highest BCUT2D eigenvalue weighted by molar-refractivity contribution is 6.30. The topological polar surface area (TPSA) is 57.2 Å². The van der Waals surface area contributed by atoms with Crippen molar-refractivity contribution in [1.29, 1.82) is 0 Å². The molecule has 0 unspecified atom stereocenters. The van der Waals surface area contributed by atoms with Gasteiger partial charge >= 0.3 is 6.03 Å². The van der Waals surface area contributed by atoms with Crippen molar-refractivity contribution in [2.45, 2.75) is 19.4 Å². The molecule has 152 valence electrons. The van der Waals surface area contributed by atoms with Gasteiger partial charge in [-0.05, 0) is 43.2 Å². The summed E-state index contributed by atoms with van der Waals surface area (Å²) in [7, 11) is 1.63. The number of rotatable bonds is 2. The summed E-state index contributed by atoms with van der Waals surface area (Å²) in [6.45, 7) is 5.22. The van der Waals surface area contributed by atoms with Crippen molar-refractivity contribution >= 4 is 29.0 Å². The summed E-state index contributed by atoms with van der Waals surface area (Å²) in [5.74, 6) is 0. The maximum absolute atomic E-state index is 12.5. The number of nitrogens with zero attached hydrogens (tertiary/aromatic N) is 3. The second-order valence-electron chi connectivity index (χ2n) is 7.35. The molecule has 0 saturated carbocycles. The molecule has 0 radical (unpaired) electrons. The third-order valence-electron chi connectivity index (χ3n) is 5.40. The normalized spacial score (nSPS) is 19.3. The lowest BCUT2D eigenvalue weighted by Gasteiger charge is -2.29. The zero-order chi connectivity index (χ0) is 20.4. The van der Waals surface area contributed by atoms with E-state index >= 15 is 0 Å². The van der Waals surface area contributed by atoms with Gasteiger partial charge in [-0.3, -0.25) is 0 Å². The zero-order valence-electron chi connectivity index (χ0n) is 16.7. The Morgan fingerprint density at radius 3 is 2.59 bits per heavy atom. The van der Waals surface area contributed by atoms with Gasteiger partial charge in [-0.1, -0.05) is 29.8 Å². The predicted octanol–water partition coefficient (Wildman–Crippen LogP) is 3.52. The number of urea groups is 1. The number of anilines is 1. The third-order valence-corrected chi connectivity index (χ3v) is 5.66. The number of halogens is 1. The summed E-state index contributed by atoms with van der Waals surface area (Å²) in [6, 6.07) is 13.8. The van der Waals surface area contributed by atoms with E-state index in [0.29, 0.717) is 5.02 Å². The predicted molar refractivity (Wildman–Crippen MR) is 116 cm³/mol. The molecule has 29 heavy (non-hydrogen) atoms. The van der Waals surface area contributed by atoms with Crippen molar-refractivity contribution < 1.29 is 9.53 Å². The van der Waals surface area contributed by atoms with Gasteiger partial charge in [0, 0.05) is 42.0 Å². The van der Waals surface area contributed by atoms with E-state index in [1.165, 1.54) is 5.56 Å². The van der Waals surface area contributed by atoms with Crippen LogP contribution in [-0.4, -0.2) is 56.1 Å². The Kier molecular flexibility index (Phi) is 5.74. The van der Waals surface area contributed by atoms with Crippen LogP contribution < -0.4 is 10.2 Å². The molecular formula is C22H25ClN4O2. The fourth-order valence-corrected chi connectivity index (χ4v) is 3.95. The second-order valence-corrected chi connectivity index (χ2v) is 7.79. The average molecular weight is 413 g/mol. The van der Waals surface area contributed by atoms with E-state index < -0.39 is 0 Å².